The van der Waals surface area contributed by atoms with Crippen LogP contribution in [0.2, 0.25) is 0 Å². The molecule has 0 saturated carbocycles. The molecule has 1 aliphatic carbocycles. The summed E-state index contributed by atoms with van der Waals surface area (Å²) >= 11 is 0. The molecule has 1 aliphatic heterocycles. The number of para-hydroxylation sites is 2. The molecule has 1 fully saturated rings. The largest absolute Gasteiger partial charge is 0.507 e. The smallest absolute Gasteiger partial charge is 0.300 e. The summed E-state index contributed by atoms with van der Waals surface area (Å²) in [5, 5.41) is 12.5. The molecule has 1 aromatic heterocycles. The molecule has 5 heteroatoms. The Morgan fingerprint density at radius 3 is 2.40 bits per heavy atom. The third-order valence-corrected chi connectivity index (χ3v) is 7.32. The Morgan fingerprint density at radius 2 is 1.60 bits per heavy atom. The number of aromatic nitrogens is 1. The number of rotatable bonds is 3. The molecule has 1 saturated heterocycles. The Hall–Kier alpha value is -4.12. The molecule has 1 N–H and O–H groups in total. The lowest BCUT2D eigenvalue weighted by molar-refractivity contribution is -0.132. The summed E-state index contributed by atoms with van der Waals surface area (Å²) in [7, 11) is 1.95. The average Bonchev–Trinajstić information content (AvgIpc) is 3.37. The van der Waals surface area contributed by atoms with Gasteiger partial charge in [0.1, 0.15) is 5.76 Å². The molecule has 35 heavy (non-hydrogen) atoms. The van der Waals surface area contributed by atoms with Gasteiger partial charge in [-0.25, -0.2) is 0 Å². The van der Waals surface area contributed by atoms with Crippen LogP contribution in [0.15, 0.2) is 84.6 Å². The Morgan fingerprint density at radius 1 is 0.886 bits per heavy atom. The highest BCUT2D eigenvalue weighted by molar-refractivity contribution is 6.51. The highest BCUT2D eigenvalue weighted by Gasteiger charge is 2.47. The number of fused-ring (bicyclic) bond motifs is 2. The van der Waals surface area contributed by atoms with Crippen LogP contribution in [-0.4, -0.2) is 21.4 Å². The number of aliphatic hydroxyl groups is 1. The predicted octanol–water partition coefficient (Wildman–Crippen LogP) is 5.68. The number of hydrogen-bond acceptors (Lipinski definition) is 3. The van der Waals surface area contributed by atoms with Crippen molar-refractivity contribution in [1.82, 2.24) is 4.57 Å². The summed E-state index contributed by atoms with van der Waals surface area (Å²) in [5.74, 6) is -1.41. The number of carbonyl (C=O) groups excluding carboxylic acids is 2. The van der Waals surface area contributed by atoms with Gasteiger partial charge in [0.25, 0.3) is 11.7 Å². The Labute approximate surface area is 203 Å². The standard InChI is InChI=1S/C30H26N2O3/c1-31-18-24(23-13-7-8-14-25(23)31)27-26(29(34)30(35)32(27)22-11-3-2-4-12-22)28(33)21-16-15-19-9-5-6-10-20(19)17-21/h2-4,7-8,11-18,27,33H,5-6,9-10H2,1H3/b28-26+. The maximum Gasteiger partial charge on any atom is 0.300 e. The topological polar surface area (TPSA) is 62.5 Å². The van der Waals surface area contributed by atoms with E-state index in [1.165, 1.54) is 22.4 Å². The first kappa shape index (κ1) is 21.4. The molecule has 5 nitrogen and oxygen atoms in total. The van der Waals surface area contributed by atoms with Gasteiger partial charge >= 0.3 is 0 Å². The van der Waals surface area contributed by atoms with Gasteiger partial charge < -0.3 is 9.67 Å². The molecule has 2 aliphatic rings. The fourth-order valence-corrected chi connectivity index (χ4v) is 5.61. The van der Waals surface area contributed by atoms with Gasteiger partial charge in [0.2, 0.25) is 0 Å². The average molecular weight is 463 g/mol. The van der Waals surface area contributed by atoms with Crippen molar-refractivity contribution in [2.45, 2.75) is 31.7 Å². The van der Waals surface area contributed by atoms with Gasteiger partial charge in [-0.3, -0.25) is 14.5 Å². The maximum atomic E-state index is 13.5. The first-order chi connectivity index (χ1) is 17.0. The number of hydrogen-bond donors (Lipinski definition) is 1. The molecule has 0 bridgehead atoms. The lowest BCUT2D eigenvalue weighted by Gasteiger charge is -2.25. The molecule has 1 unspecified atom stereocenters. The van der Waals surface area contributed by atoms with Crippen molar-refractivity contribution in [3.05, 3.63) is 107 Å². The Kier molecular flexibility index (Phi) is 5.06. The van der Waals surface area contributed by atoms with Crippen molar-refractivity contribution in [3.63, 3.8) is 0 Å². The molecule has 3 aromatic carbocycles. The zero-order chi connectivity index (χ0) is 24.1. The van der Waals surface area contributed by atoms with Crippen molar-refractivity contribution in [1.29, 1.82) is 0 Å². The van der Waals surface area contributed by atoms with Gasteiger partial charge in [0.15, 0.2) is 0 Å². The minimum Gasteiger partial charge on any atom is -0.507 e. The number of amides is 1. The number of anilines is 1. The van der Waals surface area contributed by atoms with E-state index in [0.717, 1.165) is 35.7 Å². The van der Waals surface area contributed by atoms with Crippen molar-refractivity contribution in [3.8, 4) is 0 Å². The molecule has 0 radical (unpaired) electrons. The minimum absolute atomic E-state index is 0.118. The second-order valence-corrected chi connectivity index (χ2v) is 9.41. The number of aliphatic hydroxyl groups excluding tert-OH is 1. The summed E-state index contributed by atoms with van der Waals surface area (Å²) in [5.41, 5.74) is 5.65. The molecule has 6 rings (SSSR count). The van der Waals surface area contributed by atoms with Gasteiger partial charge in [-0.2, -0.15) is 0 Å². The number of ketones is 1. The first-order valence-electron chi connectivity index (χ1n) is 12.1. The van der Waals surface area contributed by atoms with Crippen LogP contribution in [0.5, 0.6) is 0 Å². The van der Waals surface area contributed by atoms with Gasteiger partial charge in [-0.15, -0.1) is 0 Å². The van der Waals surface area contributed by atoms with Gasteiger partial charge in [0, 0.05) is 41.0 Å². The van der Waals surface area contributed by atoms with Crippen LogP contribution < -0.4 is 4.90 Å². The molecular weight excluding hydrogens is 436 g/mol. The second kappa shape index (κ2) is 8.27. The summed E-state index contributed by atoms with van der Waals surface area (Å²) in [6.45, 7) is 0. The predicted molar refractivity (Wildman–Crippen MR) is 137 cm³/mol. The van der Waals surface area contributed by atoms with Crippen molar-refractivity contribution in [2.24, 2.45) is 7.05 Å². The summed E-state index contributed by atoms with van der Waals surface area (Å²) < 4.78 is 1.99. The highest BCUT2D eigenvalue weighted by Crippen LogP contribution is 2.44. The fourth-order valence-electron chi connectivity index (χ4n) is 5.61. The SMILES string of the molecule is Cn1cc(C2/C(=C(\O)c3ccc4c(c3)CCCC4)C(=O)C(=O)N2c2ccccc2)c2ccccc21. The first-order valence-corrected chi connectivity index (χ1v) is 12.1. The molecule has 4 aromatic rings. The number of benzene rings is 3. The van der Waals surface area contributed by atoms with E-state index in [0.29, 0.717) is 11.3 Å². The van der Waals surface area contributed by atoms with Crippen molar-refractivity contribution >= 4 is 34.0 Å². The molecule has 0 spiro atoms. The quantitative estimate of drug-likeness (QED) is 0.242. The van der Waals surface area contributed by atoms with E-state index < -0.39 is 17.7 Å². The van der Waals surface area contributed by atoms with Crippen LogP contribution in [0, 0.1) is 0 Å². The number of nitrogens with zero attached hydrogens (tertiary/aromatic N) is 2. The van der Waals surface area contributed by atoms with Crippen LogP contribution in [0.4, 0.5) is 5.69 Å². The van der Waals surface area contributed by atoms with Gasteiger partial charge in [0.05, 0.1) is 11.6 Å². The van der Waals surface area contributed by atoms with Crippen LogP contribution >= 0.6 is 0 Å². The lowest BCUT2D eigenvalue weighted by Crippen LogP contribution is -2.29. The summed E-state index contributed by atoms with van der Waals surface area (Å²) in [6.07, 6.45) is 6.23. The summed E-state index contributed by atoms with van der Waals surface area (Å²) in [6, 6.07) is 22.3. The lowest BCUT2D eigenvalue weighted by atomic mass is 9.88. The molecule has 1 amide bonds. The zero-order valence-electron chi connectivity index (χ0n) is 19.6. The molecule has 2 heterocycles. The van der Waals surface area contributed by atoms with E-state index in [2.05, 4.69) is 0 Å². The van der Waals surface area contributed by atoms with Crippen molar-refractivity contribution < 1.29 is 14.7 Å². The maximum absolute atomic E-state index is 13.5. The monoisotopic (exact) mass is 462 g/mol. The number of aryl methyl sites for hydroxylation is 3. The van der Waals surface area contributed by atoms with Crippen molar-refractivity contribution in [2.75, 3.05) is 4.90 Å². The van der Waals surface area contributed by atoms with Gasteiger partial charge in [-0.1, -0.05) is 48.5 Å². The Balaban J connectivity index is 1.60. The second-order valence-electron chi connectivity index (χ2n) is 9.41. The third-order valence-electron chi connectivity index (χ3n) is 7.32. The number of Topliss-reactive ketones (excluding diaryl/α,β-unsaturated/α-hetero) is 1. The highest BCUT2D eigenvalue weighted by atomic mass is 16.3. The third kappa shape index (κ3) is 3.38. The van der Waals surface area contributed by atoms with E-state index in [1.807, 2.05) is 90.6 Å². The van der Waals surface area contributed by atoms with Crippen LogP contribution in [-0.2, 0) is 29.5 Å². The summed E-state index contributed by atoms with van der Waals surface area (Å²) in [4.78, 5) is 28.5. The molecular formula is C30H26N2O3. The minimum atomic E-state index is -0.737. The van der Waals surface area contributed by atoms with E-state index in [1.54, 1.807) is 0 Å². The number of carbonyl (C=O) groups is 2. The van der Waals surface area contributed by atoms with E-state index >= 15 is 0 Å². The van der Waals surface area contributed by atoms with Crippen LogP contribution in [0.3, 0.4) is 0 Å². The zero-order valence-corrected chi connectivity index (χ0v) is 19.6. The van der Waals surface area contributed by atoms with Gasteiger partial charge in [-0.05, 0) is 61.1 Å². The fraction of sp³-hybridized carbons (Fsp3) is 0.200. The van der Waals surface area contributed by atoms with Crippen LogP contribution in [0.1, 0.15) is 41.1 Å². The van der Waals surface area contributed by atoms with E-state index in [9.17, 15) is 14.7 Å². The molecule has 174 valence electrons. The normalized spacial score (nSPS) is 19.3. The van der Waals surface area contributed by atoms with E-state index in [-0.39, 0.29) is 11.3 Å². The van der Waals surface area contributed by atoms with Crippen LogP contribution in [0.25, 0.3) is 16.7 Å². The Bertz CT molecular complexity index is 1510. The molecule has 1 atom stereocenters. The van der Waals surface area contributed by atoms with E-state index in [4.69, 9.17) is 0 Å².